The molecule has 0 spiro atoms. The van der Waals surface area contributed by atoms with E-state index in [1.807, 2.05) is 11.2 Å². The van der Waals surface area contributed by atoms with Crippen LogP contribution in [0.15, 0.2) is 40.5 Å². The number of pyridine rings is 1. The number of thioether (sulfide) groups is 1. The van der Waals surface area contributed by atoms with Gasteiger partial charge >= 0.3 is 0 Å². The van der Waals surface area contributed by atoms with Crippen molar-refractivity contribution >= 4 is 29.1 Å². The predicted octanol–water partition coefficient (Wildman–Crippen LogP) is 4.55. The van der Waals surface area contributed by atoms with Crippen LogP contribution in [0.2, 0.25) is 0 Å². The number of nitrogens with zero attached hydrogens (tertiary/aromatic N) is 5. The summed E-state index contributed by atoms with van der Waals surface area (Å²) in [5.41, 5.74) is 2.94. The number of nitriles is 1. The van der Waals surface area contributed by atoms with Crippen LogP contribution in [-0.4, -0.2) is 34.7 Å². The molecule has 0 amide bonds. The molecule has 1 aromatic heterocycles. The number of fused-ring (bicyclic) bond motifs is 1. The first-order valence-electron chi connectivity index (χ1n) is 8.84. The molecule has 1 aromatic carbocycles. The van der Waals surface area contributed by atoms with Crippen molar-refractivity contribution in [2.24, 2.45) is 4.99 Å². The number of hydrogen-bond acceptors (Lipinski definition) is 6. The minimum Gasteiger partial charge on any atom is -0.340 e. The predicted molar refractivity (Wildman–Crippen MR) is 108 cm³/mol. The van der Waals surface area contributed by atoms with Gasteiger partial charge in [-0.3, -0.25) is 0 Å². The minimum absolute atomic E-state index is 0.227. The van der Waals surface area contributed by atoms with E-state index in [9.17, 15) is 9.65 Å². The zero-order valence-electron chi connectivity index (χ0n) is 15.9. The fourth-order valence-electron chi connectivity index (χ4n) is 3.21. The lowest BCUT2D eigenvalue weighted by Crippen LogP contribution is -2.48. The molecule has 2 heterocycles. The Morgan fingerprint density at radius 2 is 2.04 bits per heavy atom. The highest BCUT2D eigenvalue weighted by atomic mass is 32.2. The number of hydrogen-bond donors (Lipinski definition) is 0. The summed E-state index contributed by atoms with van der Waals surface area (Å²) in [6.07, 6.45) is 3.69. The molecule has 0 saturated carbocycles. The summed E-state index contributed by atoms with van der Waals surface area (Å²) >= 11 is 1.44. The first-order valence-corrected chi connectivity index (χ1v) is 10.1. The molecule has 0 fully saturated rings. The number of anilines is 1. The van der Waals surface area contributed by atoms with Gasteiger partial charge in [0, 0.05) is 30.0 Å². The van der Waals surface area contributed by atoms with Crippen molar-refractivity contribution in [3.05, 3.63) is 47.4 Å². The Morgan fingerprint density at radius 1 is 1.33 bits per heavy atom. The lowest BCUT2D eigenvalue weighted by atomic mass is 10.1. The zero-order chi connectivity index (χ0) is 19.6. The monoisotopic (exact) mass is 383 g/mol. The van der Waals surface area contributed by atoms with Gasteiger partial charge in [0.25, 0.3) is 0 Å². The van der Waals surface area contributed by atoms with Gasteiger partial charge in [0.2, 0.25) is 5.96 Å². The quantitative estimate of drug-likeness (QED) is 0.725. The fraction of sp³-hybridized carbons (Fsp3) is 0.350. The van der Waals surface area contributed by atoms with Gasteiger partial charge in [-0.25, -0.2) is 14.4 Å². The van der Waals surface area contributed by atoms with E-state index < -0.39 is 0 Å². The molecule has 5 nitrogen and oxygen atoms in total. The third kappa shape index (κ3) is 3.62. The lowest BCUT2D eigenvalue weighted by molar-refractivity contribution is 0.358. The molecule has 0 bridgehead atoms. The average molecular weight is 383 g/mol. The summed E-state index contributed by atoms with van der Waals surface area (Å²) in [7, 11) is 0. The molecule has 0 saturated heterocycles. The molecule has 0 N–H and O–H groups in total. The third-order valence-corrected chi connectivity index (χ3v) is 5.23. The van der Waals surface area contributed by atoms with Gasteiger partial charge in [-0.15, -0.1) is 11.8 Å². The summed E-state index contributed by atoms with van der Waals surface area (Å²) < 4.78 is 13.4. The standard InChI is InChI=1S/C20H22FN5S/c1-5-25(13(2)3)20-24-18-14(11-23-19(27-4)17(18)10-22)12-26(20)16-8-6-15(21)7-9-16/h6-9,11,13H,5,12H2,1-4H3. The molecule has 1 aliphatic rings. The van der Waals surface area contributed by atoms with Gasteiger partial charge in [0.15, 0.2) is 0 Å². The summed E-state index contributed by atoms with van der Waals surface area (Å²) in [6, 6.07) is 8.89. The summed E-state index contributed by atoms with van der Waals surface area (Å²) in [5, 5.41) is 10.4. The SMILES string of the molecule is CCN(C1=Nc2c(cnc(SC)c2C#N)CN1c1ccc(F)cc1)C(C)C. The van der Waals surface area contributed by atoms with Crippen molar-refractivity contribution in [2.75, 3.05) is 17.7 Å². The van der Waals surface area contributed by atoms with Crippen LogP contribution in [0.3, 0.4) is 0 Å². The van der Waals surface area contributed by atoms with Crippen molar-refractivity contribution in [2.45, 2.75) is 38.4 Å². The van der Waals surface area contributed by atoms with Crippen molar-refractivity contribution in [1.82, 2.24) is 9.88 Å². The van der Waals surface area contributed by atoms with E-state index in [2.05, 4.69) is 36.7 Å². The second-order valence-electron chi connectivity index (χ2n) is 6.48. The largest absolute Gasteiger partial charge is 0.340 e. The third-order valence-electron chi connectivity index (χ3n) is 4.54. The number of benzene rings is 1. The molecule has 0 aliphatic carbocycles. The van der Waals surface area contributed by atoms with Gasteiger partial charge in [-0.05, 0) is 51.3 Å². The van der Waals surface area contributed by atoms with E-state index in [4.69, 9.17) is 4.99 Å². The number of halogens is 1. The van der Waals surface area contributed by atoms with Gasteiger partial charge in [-0.1, -0.05) is 0 Å². The Kier molecular flexibility index (Phi) is 5.66. The Labute approximate surface area is 163 Å². The molecule has 140 valence electrons. The van der Waals surface area contributed by atoms with Crippen molar-refractivity contribution in [3.8, 4) is 6.07 Å². The molecular formula is C20H22FN5S. The van der Waals surface area contributed by atoms with E-state index in [1.165, 1.54) is 23.9 Å². The Balaban J connectivity index is 2.19. The fourth-order valence-corrected chi connectivity index (χ4v) is 3.71. The molecule has 0 radical (unpaired) electrons. The Bertz CT molecular complexity index is 902. The second-order valence-corrected chi connectivity index (χ2v) is 7.28. The van der Waals surface area contributed by atoms with E-state index in [-0.39, 0.29) is 11.9 Å². The van der Waals surface area contributed by atoms with E-state index in [0.717, 1.165) is 23.8 Å². The summed E-state index contributed by atoms with van der Waals surface area (Å²) in [6.45, 7) is 7.59. The molecular weight excluding hydrogens is 361 g/mol. The lowest BCUT2D eigenvalue weighted by Gasteiger charge is -2.39. The van der Waals surface area contributed by atoms with Crippen molar-refractivity contribution in [1.29, 1.82) is 5.26 Å². The maximum absolute atomic E-state index is 13.4. The molecule has 7 heteroatoms. The number of aliphatic imine (C=N–C) groups is 1. The molecule has 0 unspecified atom stereocenters. The van der Waals surface area contributed by atoms with Crippen LogP contribution in [0, 0.1) is 17.1 Å². The summed E-state index contributed by atoms with van der Waals surface area (Å²) in [4.78, 5) is 13.5. The number of guanidine groups is 1. The van der Waals surface area contributed by atoms with Crippen LogP contribution in [0.4, 0.5) is 15.8 Å². The smallest absolute Gasteiger partial charge is 0.207 e. The highest BCUT2D eigenvalue weighted by Crippen LogP contribution is 2.36. The highest BCUT2D eigenvalue weighted by Gasteiger charge is 2.29. The molecule has 2 aromatic rings. The molecule has 0 atom stereocenters. The van der Waals surface area contributed by atoms with E-state index in [1.54, 1.807) is 18.3 Å². The number of rotatable bonds is 4. The first-order chi connectivity index (χ1) is 13.0. The first kappa shape index (κ1) is 19.2. The summed E-state index contributed by atoms with van der Waals surface area (Å²) in [5.74, 6) is 0.491. The zero-order valence-corrected chi connectivity index (χ0v) is 16.7. The van der Waals surface area contributed by atoms with Crippen LogP contribution in [-0.2, 0) is 6.54 Å². The van der Waals surface area contributed by atoms with Crippen LogP contribution >= 0.6 is 11.8 Å². The van der Waals surface area contributed by atoms with Crippen LogP contribution in [0.5, 0.6) is 0 Å². The van der Waals surface area contributed by atoms with Gasteiger partial charge < -0.3 is 9.80 Å². The van der Waals surface area contributed by atoms with Gasteiger partial charge in [0.1, 0.15) is 22.5 Å². The van der Waals surface area contributed by atoms with Gasteiger partial charge in [-0.2, -0.15) is 5.26 Å². The Morgan fingerprint density at radius 3 is 2.59 bits per heavy atom. The van der Waals surface area contributed by atoms with Crippen LogP contribution in [0.1, 0.15) is 31.9 Å². The second kappa shape index (κ2) is 7.97. The minimum atomic E-state index is -0.274. The maximum atomic E-state index is 13.4. The normalized spacial score (nSPS) is 13.2. The molecule has 27 heavy (non-hydrogen) atoms. The van der Waals surface area contributed by atoms with E-state index >= 15 is 0 Å². The topological polar surface area (TPSA) is 55.5 Å². The maximum Gasteiger partial charge on any atom is 0.207 e. The van der Waals surface area contributed by atoms with E-state index in [0.29, 0.717) is 22.8 Å². The number of aromatic nitrogens is 1. The molecule has 3 rings (SSSR count). The van der Waals surface area contributed by atoms with Crippen molar-refractivity contribution < 1.29 is 4.39 Å². The average Bonchev–Trinajstić information content (AvgIpc) is 2.67. The van der Waals surface area contributed by atoms with Crippen LogP contribution in [0.25, 0.3) is 0 Å². The van der Waals surface area contributed by atoms with Crippen molar-refractivity contribution in [3.63, 3.8) is 0 Å². The highest BCUT2D eigenvalue weighted by molar-refractivity contribution is 7.98. The Hall–Kier alpha value is -2.59. The van der Waals surface area contributed by atoms with Crippen LogP contribution < -0.4 is 4.90 Å². The molecule has 1 aliphatic heterocycles. The van der Waals surface area contributed by atoms with Gasteiger partial charge in [0.05, 0.1) is 12.2 Å².